The topological polar surface area (TPSA) is 36.4 Å². The van der Waals surface area contributed by atoms with E-state index in [9.17, 15) is 4.79 Å². The van der Waals surface area contributed by atoms with Gasteiger partial charge in [0, 0.05) is 50.3 Å². The molecule has 0 aliphatic carbocycles. The lowest BCUT2D eigenvalue weighted by atomic mass is 9.93. The van der Waals surface area contributed by atoms with Crippen LogP contribution in [-0.4, -0.2) is 42.5 Å². The van der Waals surface area contributed by atoms with E-state index in [1.807, 2.05) is 54.7 Å². The molecule has 0 atom stereocenters. The quantitative estimate of drug-likeness (QED) is 0.845. The Morgan fingerprint density at radius 1 is 1.12 bits per heavy atom. The summed E-state index contributed by atoms with van der Waals surface area (Å²) in [6, 6.07) is 13.7. The molecule has 0 unspecified atom stereocenters. The fourth-order valence-corrected chi connectivity index (χ4v) is 3.31. The van der Waals surface area contributed by atoms with Gasteiger partial charge in [-0.1, -0.05) is 18.2 Å². The van der Waals surface area contributed by atoms with E-state index in [0.29, 0.717) is 5.92 Å². The normalized spacial score (nSPS) is 15.3. The van der Waals surface area contributed by atoms with Gasteiger partial charge < -0.3 is 9.80 Å². The average Bonchev–Trinajstić information content (AvgIpc) is 2.67. The summed E-state index contributed by atoms with van der Waals surface area (Å²) in [5, 5.41) is 0. The number of piperidine rings is 1. The monoisotopic (exact) mass is 323 g/mol. The van der Waals surface area contributed by atoms with E-state index in [4.69, 9.17) is 0 Å². The lowest BCUT2D eigenvalue weighted by molar-refractivity contribution is 0.0785. The van der Waals surface area contributed by atoms with Crippen LogP contribution in [0.1, 0.15) is 29.6 Å². The van der Waals surface area contributed by atoms with Gasteiger partial charge in [-0.15, -0.1) is 0 Å². The van der Waals surface area contributed by atoms with Gasteiger partial charge >= 0.3 is 0 Å². The van der Waals surface area contributed by atoms with Crippen LogP contribution in [0.3, 0.4) is 0 Å². The van der Waals surface area contributed by atoms with E-state index in [1.54, 1.807) is 0 Å². The molecule has 1 aliphatic heterocycles. The third kappa shape index (κ3) is 4.13. The minimum absolute atomic E-state index is 0.116. The molecular weight excluding hydrogens is 298 g/mol. The predicted octanol–water partition coefficient (Wildman–Crippen LogP) is 3.46. The first-order valence-corrected chi connectivity index (χ1v) is 8.69. The van der Waals surface area contributed by atoms with Gasteiger partial charge in [0.15, 0.2) is 0 Å². The van der Waals surface area contributed by atoms with Gasteiger partial charge in [0.25, 0.3) is 5.91 Å². The Bertz CT molecular complexity index is 636. The third-order valence-corrected chi connectivity index (χ3v) is 4.88. The predicted molar refractivity (Wildman–Crippen MR) is 97.2 cm³/mol. The number of nitrogens with zero attached hydrogens (tertiary/aromatic N) is 3. The van der Waals surface area contributed by atoms with Crippen LogP contribution in [0.5, 0.6) is 0 Å². The number of pyridine rings is 1. The molecule has 1 aliphatic rings. The van der Waals surface area contributed by atoms with Crippen LogP contribution in [0.2, 0.25) is 0 Å². The summed E-state index contributed by atoms with van der Waals surface area (Å²) in [5.74, 6) is 0.818. The van der Waals surface area contributed by atoms with Crippen LogP contribution in [0, 0.1) is 5.92 Å². The second-order valence-electron chi connectivity index (χ2n) is 6.52. The Balaban J connectivity index is 1.44. The number of anilines is 1. The molecule has 1 saturated heterocycles. The van der Waals surface area contributed by atoms with Gasteiger partial charge in [-0.2, -0.15) is 0 Å². The fraction of sp³-hybridized carbons (Fsp3) is 0.400. The van der Waals surface area contributed by atoms with Gasteiger partial charge in [-0.25, -0.2) is 0 Å². The van der Waals surface area contributed by atoms with Crippen LogP contribution in [0.15, 0.2) is 54.9 Å². The smallest absolute Gasteiger partial charge is 0.253 e. The molecule has 4 heteroatoms. The zero-order chi connectivity index (χ0) is 16.8. The lowest BCUT2D eigenvalue weighted by Gasteiger charge is -2.34. The van der Waals surface area contributed by atoms with E-state index in [-0.39, 0.29) is 5.91 Å². The molecule has 4 nitrogen and oxygen atoms in total. The van der Waals surface area contributed by atoms with Gasteiger partial charge in [0.2, 0.25) is 0 Å². The number of carbonyl (C=O) groups is 1. The van der Waals surface area contributed by atoms with Crippen LogP contribution in [-0.2, 0) is 0 Å². The molecule has 1 amide bonds. The summed E-state index contributed by atoms with van der Waals surface area (Å²) in [7, 11) is 1.90. The van der Waals surface area contributed by atoms with Crippen molar-refractivity contribution >= 4 is 11.6 Å². The Hall–Kier alpha value is -2.36. The van der Waals surface area contributed by atoms with E-state index < -0.39 is 0 Å². The molecule has 0 radical (unpaired) electrons. The SMILES string of the molecule is CN(CCC1CCN(c2ccncc2)CC1)C(=O)c1ccccc1. The molecule has 1 aromatic carbocycles. The number of amides is 1. The van der Waals surface area contributed by atoms with Crippen molar-refractivity contribution in [1.82, 2.24) is 9.88 Å². The lowest BCUT2D eigenvalue weighted by Crippen LogP contribution is -2.35. The van der Waals surface area contributed by atoms with Crippen molar-refractivity contribution in [2.75, 3.05) is 31.6 Å². The third-order valence-electron chi connectivity index (χ3n) is 4.88. The van der Waals surface area contributed by atoms with E-state index in [1.165, 1.54) is 18.5 Å². The minimum atomic E-state index is 0.116. The molecular formula is C20H25N3O. The van der Waals surface area contributed by atoms with Gasteiger partial charge in [0.05, 0.1) is 0 Å². The van der Waals surface area contributed by atoms with Crippen molar-refractivity contribution in [3.05, 3.63) is 60.4 Å². The first kappa shape index (κ1) is 16.5. The largest absolute Gasteiger partial charge is 0.371 e. The zero-order valence-corrected chi connectivity index (χ0v) is 14.3. The highest BCUT2D eigenvalue weighted by Gasteiger charge is 2.20. The molecule has 1 fully saturated rings. The van der Waals surface area contributed by atoms with Crippen LogP contribution in [0.4, 0.5) is 5.69 Å². The number of hydrogen-bond acceptors (Lipinski definition) is 3. The number of benzene rings is 1. The van der Waals surface area contributed by atoms with Crippen molar-refractivity contribution in [2.45, 2.75) is 19.3 Å². The van der Waals surface area contributed by atoms with Crippen molar-refractivity contribution in [2.24, 2.45) is 5.92 Å². The number of carbonyl (C=O) groups excluding carboxylic acids is 1. The maximum Gasteiger partial charge on any atom is 0.253 e. The summed E-state index contributed by atoms with van der Waals surface area (Å²) in [6.07, 6.45) is 7.17. The van der Waals surface area contributed by atoms with Crippen molar-refractivity contribution < 1.29 is 4.79 Å². The van der Waals surface area contributed by atoms with Crippen molar-refractivity contribution in [3.63, 3.8) is 0 Å². The Morgan fingerprint density at radius 2 is 1.79 bits per heavy atom. The standard InChI is InChI=1S/C20H25N3O/c1-22(20(24)18-5-3-2-4-6-18)14-9-17-10-15-23(16-11-17)19-7-12-21-13-8-19/h2-8,12-13,17H,9-11,14-16H2,1H3. The molecule has 0 bridgehead atoms. The Kier molecular flexibility index (Phi) is 5.47. The molecule has 0 spiro atoms. The number of aromatic nitrogens is 1. The summed E-state index contributed by atoms with van der Waals surface area (Å²) in [4.78, 5) is 20.7. The van der Waals surface area contributed by atoms with Crippen molar-refractivity contribution in [3.8, 4) is 0 Å². The second-order valence-corrected chi connectivity index (χ2v) is 6.52. The summed E-state index contributed by atoms with van der Waals surface area (Å²) in [6.45, 7) is 3.00. The Morgan fingerprint density at radius 3 is 2.46 bits per heavy atom. The summed E-state index contributed by atoms with van der Waals surface area (Å²) < 4.78 is 0. The maximum absolute atomic E-state index is 12.4. The van der Waals surface area contributed by atoms with Gasteiger partial charge in [0.1, 0.15) is 0 Å². The number of rotatable bonds is 5. The molecule has 0 saturated carbocycles. The second kappa shape index (κ2) is 7.95. The van der Waals surface area contributed by atoms with Crippen LogP contribution < -0.4 is 4.90 Å². The first-order chi connectivity index (χ1) is 11.7. The van der Waals surface area contributed by atoms with Gasteiger partial charge in [-0.05, 0) is 49.4 Å². The average molecular weight is 323 g/mol. The summed E-state index contributed by atoms with van der Waals surface area (Å²) >= 11 is 0. The van der Waals surface area contributed by atoms with E-state index in [0.717, 1.165) is 31.6 Å². The highest BCUT2D eigenvalue weighted by molar-refractivity contribution is 5.93. The Labute approximate surface area is 144 Å². The van der Waals surface area contributed by atoms with Gasteiger partial charge in [-0.3, -0.25) is 9.78 Å². The van der Waals surface area contributed by atoms with E-state index in [2.05, 4.69) is 22.0 Å². The molecule has 126 valence electrons. The molecule has 2 heterocycles. The van der Waals surface area contributed by atoms with Crippen LogP contribution >= 0.6 is 0 Å². The van der Waals surface area contributed by atoms with Crippen LogP contribution in [0.25, 0.3) is 0 Å². The highest BCUT2D eigenvalue weighted by Crippen LogP contribution is 2.25. The molecule has 3 rings (SSSR count). The number of hydrogen-bond donors (Lipinski definition) is 0. The highest BCUT2D eigenvalue weighted by atomic mass is 16.2. The molecule has 2 aromatic rings. The molecule has 0 N–H and O–H groups in total. The fourth-order valence-electron chi connectivity index (χ4n) is 3.31. The summed E-state index contributed by atoms with van der Waals surface area (Å²) in [5.41, 5.74) is 2.03. The maximum atomic E-state index is 12.4. The zero-order valence-electron chi connectivity index (χ0n) is 14.3. The molecule has 24 heavy (non-hydrogen) atoms. The first-order valence-electron chi connectivity index (χ1n) is 8.69. The van der Waals surface area contributed by atoms with E-state index >= 15 is 0 Å². The molecule has 1 aromatic heterocycles. The minimum Gasteiger partial charge on any atom is -0.371 e. The van der Waals surface area contributed by atoms with Crippen molar-refractivity contribution in [1.29, 1.82) is 0 Å².